The third-order valence-electron chi connectivity index (χ3n) is 1.87. The predicted octanol–water partition coefficient (Wildman–Crippen LogP) is 3.42. The highest BCUT2D eigenvalue weighted by atomic mass is 32.2. The summed E-state index contributed by atoms with van der Waals surface area (Å²) in [6, 6.07) is 4.04. The van der Waals surface area contributed by atoms with Crippen molar-refractivity contribution >= 4 is 33.3 Å². The van der Waals surface area contributed by atoms with Gasteiger partial charge in [0.05, 0.1) is 17.3 Å². The number of hydrogen-bond acceptors (Lipinski definition) is 4. The Morgan fingerprint density at radius 3 is 3.14 bits per heavy atom. The molecule has 0 saturated heterocycles. The fraction of sp³-hybridized carbons (Fsp3) is 0.300. The van der Waals surface area contributed by atoms with Crippen LogP contribution in [0.15, 0.2) is 22.5 Å². The maximum absolute atomic E-state index is 5.33. The Balaban J connectivity index is 2.55. The van der Waals surface area contributed by atoms with Crippen molar-refractivity contribution in [3.05, 3.63) is 17.5 Å². The van der Waals surface area contributed by atoms with Crippen molar-refractivity contribution in [2.45, 2.75) is 11.9 Å². The largest absolute Gasteiger partial charge is 0.495 e. The molecule has 0 atom stereocenters. The number of rotatable bonds is 3. The van der Waals surface area contributed by atoms with Crippen LogP contribution >= 0.6 is 23.1 Å². The summed E-state index contributed by atoms with van der Waals surface area (Å²) in [6.07, 6.45) is 0. The normalized spacial score (nSPS) is 10.7. The minimum atomic E-state index is 0.931. The van der Waals surface area contributed by atoms with Gasteiger partial charge >= 0.3 is 0 Å². The molecule has 0 bridgehead atoms. The molecule has 2 heterocycles. The van der Waals surface area contributed by atoms with Crippen LogP contribution in [-0.4, -0.2) is 17.8 Å². The van der Waals surface area contributed by atoms with Crippen molar-refractivity contribution in [3.63, 3.8) is 0 Å². The number of thioether (sulfide) groups is 1. The second-order valence-corrected chi connectivity index (χ2v) is 4.93. The third-order valence-corrected chi connectivity index (χ3v) is 3.58. The lowest BCUT2D eigenvalue weighted by Gasteiger charge is -2.03. The molecule has 0 saturated carbocycles. The fourth-order valence-electron chi connectivity index (χ4n) is 1.28. The van der Waals surface area contributed by atoms with Crippen LogP contribution in [0.3, 0.4) is 0 Å². The molecule has 0 aliphatic rings. The van der Waals surface area contributed by atoms with Crippen LogP contribution in [-0.2, 0) is 0 Å². The summed E-state index contributed by atoms with van der Waals surface area (Å²) in [5, 5.41) is 3.08. The van der Waals surface area contributed by atoms with Gasteiger partial charge in [-0.2, -0.15) is 0 Å². The Hall–Kier alpha value is -0.740. The molecule has 0 spiro atoms. The second kappa shape index (κ2) is 4.19. The summed E-state index contributed by atoms with van der Waals surface area (Å²) in [5.41, 5.74) is 1.03. The van der Waals surface area contributed by atoms with Crippen LogP contribution in [0.5, 0.6) is 5.75 Å². The van der Waals surface area contributed by atoms with Crippen LogP contribution in [0, 0.1) is 0 Å². The number of thiophene rings is 1. The summed E-state index contributed by atoms with van der Waals surface area (Å²) in [5.74, 6) is 1.96. The molecule has 0 unspecified atom stereocenters. The van der Waals surface area contributed by atoms with Crippen molar-refractivity contribution in [1.29, 1.82) is 0 Å². The minimum Gasteiger partial charge on any atom is -0.495 e. The Kier molecular flexibility index (Phi) is 2.93. The Morgan fingerprint density at radius 1 is 1.57 bits per heavy atom. The molecule has 4 heteroatoms. The lowest BCUT2D eigenvalue weighted by atomic mass is 10.4. The molecule has 0 aliphatic heterocycles. The molecule has 2 aromatic rings. The van der Waals surface area contributed by atoms with E-state index in [0.29, 0.717) is 0 Å². The van der Waals surface area contributed by atoms with Gasteiger partial charge in [-0.15, -0.1) is 23.1 Å². The van der Waals surface area contributed by atoms with Gasteiger partial charge in [-0.1, -0.05) is 6.92 Å². The van der Waals surface area contributed by atoms with Crippen molar-refractivity contribution in [2.24, 2.45) is 0 Å². The van der Waals surface area contributed by atoms with Crippen LogP contribution in [0.25, 0.3) is 10.2 Å². The lowest BCUT2D eigenvalue weighted by Crippen LogP contribution is -1.87. The van der Waals surface area contributed by atoms with E-state index in [9.17, 15) is 0 Å². The molecule has 0 amide bonds. The van der Waals surface area contributed by atoms with E-state index in [0.717, 1.165) is 26.7 Å². The number of fused-ring (bicyclic) bond motifs is 1. The third kappa shape index (κ3) is 1.72. The van der Waals surface area contributed by atoms with E-state index in [2.05, 4.69) is 11.9 Å². The number of pyridine rings is 1. The number of ether oxygens (including phenoxy) is 1. The Bertz CT molecular complexity index is 439. The first-order valence-corrected chi connectivity index (χ1v) is 6.26. The van der Waals surface area contributed by atoms with Gasteiger partial charge in [-0.3, -0.25) is 0 Å². The van der Waals surface area contributed by atoms with E-state index in [4.69, 9.17) is 4.74 Å². The van der Waals surface area contributed by atoms with E-state index < -0.39 is 0 Å². The molecule has 2 aromatic heterocycles. The molecule has 0 radical (unpaired) electrons. The first-order valence-electron chi connectivity index (χ1n) is 4.40. The van der Waals surface area contributed by atoms with Crippen molar-refractivity contribution < 1.29 is 4.74 Å². The van der Waals surface area contributed by atoms with E-state index in [-0.39, 0.29) is 0 Å². The average molecular weight is 225 g/mol. The smallest absolute Gasteiger partial charge is 0.140 e. The molecule has 0 N–H and O–H groups in total. The van der Waals surface area contributed by atoms with Gasteiger partial charge in [0, 0.05) is 6.07 Å². The van der Waals surface area contributed by atoms with E-state index in [1.165, 1.54) is 0 Å². The standard InChI is InChI=1S/C10H11NOS2/c1-3-13-9-6-8(12-2)10-7(11-9)4-5-14-10/h4-6H,3H2,1-2H3. The van der Waals surface area contributed by atoms with E-state index in [1.807, 2.05) is 17.5 Å². The summed E-state index contributed by atoms with van der Waals surface area (Å²) in [4.78, 5) is 4.53. The molecule has 0 fully saturated rings. The molecule has 14 heavy (non-hydrogen) atoms. The second-order valence-electron chi connectivity index (χ2n) is 2.73. The van der Waals surface area contributed by atoms with Gasteiger partial charge in [0.15, 0.2) is 0 Å². The first kappa shape index (κ1) is 9.80. The maximum atomic E-state index is 5.33. The summed E-state index contributed by atoms with van der Waals surface area (Å²) >= 11 is 3.41. The molecular formula is C10H11NOS2. The van der Waals surface area contributed by atoms with Gasteiger partial charge in [0.2, 0.25) is 0 Å². The van der Waals surface area contributed by atoms with Gasteiger partial charge in [0.1, 0.15) is 10.8 Å². The first-order chi connectivity index (χ1) is 6.85. The van der Waals surface area contributed by atoms with Gasteiger partial charge in [-0.25, -0.2) is 4.98 Å². The molecule has 2 rings (SSSR count). The zero-order valence-electron chi connectivity index (χ0n) is 8.11. The predicted molar refractivity (Wildman–Crippen MR) is 62.6 cm³/mol. The highest BCUT2D eigenvalue weighted by molar-refractivity contribution is 7.99. The molecule has 0 aliphatic carbocycles. The molecule has 74 valence electrons. The monoisotopic (exact) mass is 225 g/mol. The highest BCUT2D eigenvalue weighted by Crippen LogP contribution is 2.32. The Morgan fingerprint density at radius 2 is 2.43 bits per heavy atom. The Labute approximate surface area is 91.3 Å². The van der Waals surface area contributed by atoms with E-state index in [1.54, 1.807) is 30.2 Å². The quantitative estimate of drug-likeness (QED) is 0.747. The zero-order valence-corrected chi connectivity index (χ0v) is 9.74. The van der Waals surface area contributed by atoms with Gasteiger partial charge < -0.3 is 4.74 Å². The van der Waals surface area contributed by atoms with Crippen LogP contribution in [0.2, 0.25) is 0 Å². The summed E-state index contributed by atoms with van der Waals surface area (Å²) in [6.45, 7) is 2.12. The summed E-state index contributed by atoms with van der Waals surface area (Å²) < 4.78 is 6.46. The molecular weight excluding hydrogens is 214 g/mol. The van der Waals surface area contributed by atoms with Crippen LogP contribution in [0.4, 0.5) is 0 Å². The lowest BCUT2D eigenvalue weighted by molar-refractivity contribution is 0.419. The molecule has 0 aromatic carbocycles. The van der Waals surface area contributed by atoms with Crippen molar-refractivity contribution in [1.82, 2.24) is 4.98 Å². The minimum absolute atomic E-state index is 0.931. The topological polar surface area (TPSA) is 22.1 Å². The number of aromatic nitrogens is 1. The number of nitrogens with zero attached hydrogens (tertiary/aromatic N) is 1. The fourth-order valence-corrected chi connectivity index (χ4v) is 2.75. The highest BCUT2D eigenvalue weighted by Gasteiger charge is 2.06. The van der Waals surface area contributed by atoms with Crippen molar-refractivity contribution in [2.75, 3.05) is 12.9 Å². The SMILES string of the molecule is CCSc1cc(OC)c2sccc2n1. The average Bonchev–Trinajstić information content (AvgIpc) is 2.65. The van der Waals surface area contributed by atoms with Gasteiger partial charge in [0.25, 0.3) is 0 Å². The summed E-state index contributed by atoms with van der Waals surface area (Å²) in [7, 11) is 1.70. The van der Waals surface area contributed by atoms with Crippen LogP contribution in [0.1, 0.15) is 6.92 Å². The number of methoxy groups -OCH3 is 1. The van der Waals surface area contributed by atoms with E-state index >= 15 is 0 Å². The zero-order chi connectivity index (χ0) is 9.97. The van der Waals surface area contributed by atoms with Crippen LogP contribution < -0.4 is 4.74 Å². The molecule has 2 nitrogen and oxygen atoms in total. The maximum Gasteiger partial charge on any atom is 0.140 e. The van der Waals surface area contributed by atoms with Crippen molar-refractivity contribution in [3.8, 4) is 5.75 Å². The number of hydrogen-bond donors (Lipinski definition) is 0. The van der Waals surface area contributed by atoms with Gasteiger partial charge in [-0.05, 0) is 17.2 Å².